The maximum absolute atomic E-state index is 11.9. The molecule has 1 saturated heterocycles. The van der Waals surface area contributed by atoms with Crippen molar-refractivity contribution in [2.75, 3.05) is 6.54 Å². The molecule has 1 fully saturated rings. The molecule has 0 atom stereocenters. The number of hydrogen-bond acceptors (Lipinski definition) is 3. The Labute approximate surface area is 105 Å². The lowest BCUT2D eigenvalue weighted by Gasteiger charge is -2.08. The topological polar surface area (TPSA) is 50.2 Å². The van der Waals surface area contributed by atoms with Crippen LogP contribution >= 0.6 is 12.2 Å². The molecule has 1 aliphatic rings. The second kappa shape index (κ2) is 4.29. The highest BCUT2D eigenvalue weighted by molar-refractivity contribution is 7.80. The molecule has 1 aromatic rings. The molecular formula is C11H14N4OS. The van der Waals surface area contributed by atoms with Crippen molar-refractivity contribution in [1.29, 1.82) is 0 Å². The maximum Gasteiger partial charge on any atom is 0.276 e. The molecule has 0 aromatic carbocycles. The van der Waals surface area contributed by atoms with Gasteiger partial charge in [0.25, 0.3) is 5.91 Å². The summed E-state index contributed by atoms with van der Waals surface area (Å²) in [6.07, 6.45) is 3.52. The summed E-state index contributed by atoms with van der Waals surface area (Å²) in [6.45, 7) is 4.42. The van der Waals surface area contributed by atoms with Crippen LogP contribution in [0.3, 0.4) is 0 Å². The van der Waals surface area contributed by atoms with E-state index in [0.29, 0.717) is 17.4 Å². The van der Waals surface area contributed by atoms with E-state index in [2.05, 4.69) is 10.4 Å². The highest BCUT2D eigenvalue weighted by Gasteiger charge is 2.29. The Morgan fingerprint density at radius 3 is 2.76 bits per heavy atom. The SMILES string of the molecule is CCN1C(=O)C(=Cc2cnn(C)c2C)NC1=S. The van der Waals surface area contributed by atoms with Crippen LogP contribution in [0.25, 0.3) is 6.08 Å². The van der Waals surface area contributed by atoms with Gasteiger partial charge >= 0.3 is 0 Å². The zero-order valence-electron chi connectivity index (χ0n) is 10.0. The van der Waals surface area contributed by atoms with E-state index >= 15 is 0 Å². The van der Waals surface area contributed by atoms with Gasteiger partial charge in [-0.05, 0) is 32.1 Å². The first-order chi connectivity index (χ1) is 8.04. The van der Waals surface area contributed by atoms with Gasteiger partial charge in [-0.2, -0.15) is 5.10 Å². The molecule has 1 aliphatic heterocycles. The van der Waals surface area contributed by atoms with Crippen LogP contribution < -0.4 is 5.32 Å². The first-order valence-corrected chi connectivity index (χ1v) is 5.78. The second-order valence-corrected chi connectivity index (χ2v) is 4.23. The summed E-state index contributed by atoms with van der Waals surface area (Å²) in [5, 5.41) is 7.51. The minimum Gasteiger partial charge on any atom is -0.328 e. The van der Waals surface area contributed by atoms with Crippen LogP contribution in [-0.4, -0.2) is 32.2 Å². The third-order valence-corrected chi connectivity index (χ3v) is 3.17. The van der Waals surface area contributed by atoms with Gasteiger partial charge in [-0.1, -0.05) is 0 Å². The van der Waals surface area contributed by atoms with Crippen molar-refractivity contribution in [3.05, 3.63) is 23.2 Å². The summed E-state index contributed by atoms with van der Waals surface area (Å²) < 4.78 is 1.77. The molecule has 6 heteroatoms. The zero-order chi connectivity index (χ0) is 12.6. The van der Waals surface area contributed by atoms with Gasteiger partial charge in [-0.15, -0.1) is 0 Å². The molecule has 17 heavy (non-hydrogen) atoms. The summed E-state index contributed by atoms with van der Waals surface area (Å²) in [7, 11) is 1.87. The Hall–Kier alpha value is -1.69. The van der Waals surface area contributed by atoms with E-state index in [1.807, 2.05) is 20.9 Å². The zero-order valence-corrected chi connectivity index (χ0v) is 10.8. The molecule has 2 rings (SSSR count). The predicted octanol–water partition coefficient (Wildman–Crippen LogP) is 0.806. The number of aryl methyl sites for hydroxylation is 1. The van der Waals surface area contributed by atoms with Crippen LogP contribution in [0.1, 0.15) is 18.2 Å². The van der Waals surface area contributed by atoms with E-state index < -0.39 is 0 Å². The van der Waals surface area contributed by atoms with Gasteiger partial charge in [0.15, 0.2) is 5.11 Å². The lowest BCUT2D eigenvalue weighted by atomic mass is 10.2. The van der Waals surface area contributed by atoms with E-state index in [-0.39, 0.29) is 5.91 Å². The number of carbonyl (C=O) groups excluding carboxylic acids is 1. The monoisotopic (exact) mass is 250 g/mol. The van der Waals surface area contributed by atoms with E-state index in [4.69, 9.17) is 12.2 Å². The molecule has 0 spiro atoms. The predicted molar refractivity (Wildman–Crippen MR) is 69.0 cm³/mol. The number of likely N-dealkylation sites (N-methyl/N-ethyl adjacent to an activating group) is 1. The highest BCUT2D eigenvalue weighted by atomic mass is 32.1. The summed E-state index contributed by atoms with van der Waals surface area (Å²) in [6, 6.07) is 0. The molecule has 0 bridgehead atoms. The van der Waals surface area contributed by atoms with Crippen LogP contribution in [0.5, 0.6) is 0 Å². The number of hydrogen-bond donors (Lipinski definition) is 1. The van der Waals surface area contributed by atoms with Crippen molar-refractivity contribution in [3.8, 4) is 0 Å². The average Bonchev–Trinajstić information content (AvgIpc) is 2.74. The highest BCUT2D eigenvalue weighted by Crippen LogP contribution is 2.15. The van der Waals surface area contributed by atoms with Gasteiger partial charge in [0.1, 0.15) is 5.70 Å². The van der Waals surface area contributed by atoms with Gasteiger partial charge < -0.3 is 5.32 Å². The van der Waals surface area contributed by atoms with Gasteiger partial charge in [-0.3, -0.25) is 14.4 Å². The molecule has 0 radical (unpaired) electrons. The van der Waals surface area contributed by atoms with E-state index in [1.54, 1.807) is 17.0 Å². The minimum atomic E-state index is -0.0826. The van der Waals surface area contributed by atoms with Gasteiger partial charge in [0.05, 0.1) is 6.20 Å². The summed E-state index contributed by atoms with van der Waals surface area (Å²) >= 11 is 5.08. The number of nitrogens with one attached hydrogen (secondary N) is 1. The normalized spacial score (nSPS) is 18.1. The fourth-order valence-corrected chi connectivity index (χ4v) is 1.99. The van der Waals surface area contributed by atoms with E-state index in [0.717, 1.165) is 11.3 Å². The lowest BCUT2D eigenvalue weighted by molar-refractivity contribution is -0.122. The summed E-state index contributed by atoms with van der Waals surface area (Å²) in [5.74, 6) is -0.0826. The quantitative estimate of drug-likeness (QED) is 0.623. The Kier molecular flexibility index (Phi) is 2.97. The van der Waals surface area contributed by atoms with Gasteiger partial charge in [-0.25, -0.2) is 0 Å². The largest absolute Gasteiger partial charge is 0.328 e. The number of carbonyl (C=O) groups is 1. The van der Waals surface area contributed by atoms with Crippen molar-refractivity contribution in [2.45, 2.75) is 13.8 Å². The third-order valence-electron chi connectivity index (χ3n) is 2.85. The third kappa shape index (κ3) is 1.95. The Balaban J connectivity index is 2.33. The van der Waals surface area contributed by atoms with Crippen LogP contribution in [0.15, 0.2) is 11.9 Å². The van der Waals surface area contributed by atoms with Gasteiger partial charge in [0, 0.05) is 24.8 Å². The second-order valence-electron chi connectivity index (χ2n) is 3.85. The van der Waals surface area contributed by atoms with Crippen molar-refractivity contribution in [1.82, 2.24) is 20.0 Å². The number of rotatable bonds is 2. The van der Waals surface area contributed by atoms with Crippen LogP contribution in [0.2, 0.25) is 0 Å². The smallest absolute Gasteiger partial charge is 0.276 e. The van der Waals surface area contributed by atoms with Crippen LogP contribution in [0, 0.1) is 6.92 Å². The number of nitrogens with zero attached hydrogens (tertiary/aromatic N) is 3. The van der Waals surface area contributed by atoms with E-state index in [9.17, 15) is 4.79 Å². The lowest BCUT2D eigenvalue weighted by Crippen LogP contribution is -2.30. The van der Waals surface area contributed by atoms with Crippen molar-refractivity contribution < 1.29 is 4.79 Å². The van der Waals surface area contributed by atoms with Crippen molar-refractivity contribution in [2.24, 2.45) is 7.05 Å². The fraction of sp³-hybridized carbons (Fsp3) is 0.364. The molecule has 2 heterocycles. The maximum atomic E-state index is 11.9. The first kappa shape index (κ1) is 11.8. The molecule has 90 valence electrons. The standard InChI is InChI=1S/C11H14N4OS/c1-4-15-10(16)9(13-11(15)17)5-8-6-12-14(3)7(8)2/h5-6H,4H2,1-3H3,(H,13,17). The molecular weight excluding hydrogens is 236 g/mol. The molecule has 0 aliphatic carbocycles. The Bertz CT molecular complexity index is 518. The van der Waals surface area contributed by atoms with Crippen LogP contribution in [-0.2, 0) is 11.8 Å². The molecule has 1 aromatic heterocycles. The minimum absolute atomic E-state index is 0.0826. The Morgan fingerprint density at radius 1 is 1.59 bits per heavy atom. The summed E-state index contributed by atoms with van der Waals surface area (Å²) in [5.41, 5.74) is 2.44. The molecule has 0 unspecified atom stereocenters. The molecule has 5 nitrogen and oxygen atoms in total. The van der Waals surface area contributed by atoms with Crippen LogP contribution in [0.4, 0.5) is 0 Å². The molecule has 0 saturated carbocycles. The summed E-state index contributed by atoms with van der Waals surface area (Å²) in [4.78, 5) is 13.5. The van der Waals surface area contributed by atoms with E-state index in [1.165, 1.54) is 4.90 Å². The molecule has 1 amide bonds. The van der Waals surface area contributed by atoms with Gasteiger partial charge in [0.2, 0.25) is 0 Å². The van der Waals surface area contributed by atoms with Crippen molar-refractivity contribution in [3.63, 3.8) is 0 Å². The first-order valence-electron chi connectivity index (χ1n) is 5.37. The number of aromatic nitrogens is 2. The Morgan fingerprint density at radius 2 is 2.29 bits per heavy atom. The van der Waals surface area contributed by atoms with Crippen molar-refractivity contribution >= 4 is 29.3 Å². The molecule has 1 N–H and O–H groups in total. The number of amides is 1. The fourth-order valence-electron chi connectivity index (χ4n) is 1.67. The average molecular weight is 250 g/mol. The number of thiocarbonyl (C=S) groups is 1.